The SMILES string of the molecule is N#Cc1c(N)nc(N)nc1N1CC(=NC(=O)C(F)F)C[C@H]1c1nc2cccc(Cl)c2c(=O)n1-c1cc(F)cc(C(F)F)c1. The Hall–Kier alpha value is -5.17. The van der Waals surface area contributed by atoms with Crippen LogP contribution in [0.25, 0.3) is 16.6 Å². The molecule has 2 aromatic carbocycles. The number of alkyl halides is 4. The van der Waals surface area contributed by atoms with Crippen LogP contribution in [0.4, 0.5) is 39.5 Å². The molecule has 3 heterocycles. The predicted octanol–water partition coefficient (Wildman–Crippen LogP) is 4.13. The van der Waals surface area contributed by atoms with Gasteiger partial charge in [-0.25, -0.2) is 23.1 Å². The average Bonchev–Trinajstić information content (AvgIpc) is 3.35. The van der Waals surface area contributed by atoms with E-state index in [0.717, 1.165) is 16.7 Å². The molecule has 0 unspecified atom stereocenters. The fourth-order valence-electron chi connectivity index (χ4n) is 4.77. The lowest BCUT2D eigenvalue weighted by atomic mass is 10.1. The van der Waals surface area contributed by atoms with Crippen molar-refractivity contribution in [1.29, 1.82) is 5.26 Å². The minimum atomic E-state index is -3.43. The quantitative estimate of drug-likeness (QED) is 0.313. The van der Waals surface area contributed by atoms with Crippen molar-refractivity contribution in [2.75, 3.05) is 22.9 Å². The van der Waals surface area contributed by atoms with Crippen molar-refractivity contribution >= 4 is 51.7 Å². The van der Waals surface area contributed by atoms with Gasteiger partial charge in [-0.3, -0.25) is 14.2 Å². The van der Waals surface area contributed by atoms with Gasteiger partial charge in [0.25, 0.3) is 12.0 Å². The van der Waals surface area contributed by atoms with E-state index in [0.29, 0.717) is 6.07 Å². The monoisotopic (exact) mass is 617 g/mol. The van der Waals surface area contributed by atoms with E-state index in [4.69, 9.17) is 23.1 Å². The first kappa shape index (κ1) is 29.3. The summed E-state index contributed by atoms with van der Waals surface area (Å²) in [5.74, 6) is -4.00. The molecule has 0 radical (unpaired) electrons. The Morgan fingerprint density at radius 2 is 1.88 bits per heavy atom. The van der Waals surface area contributed by atoms with E-state index in [-0.39, 0.29) is 62.7 Å². The molecular formula is C26H17ClF5N9O2. The van der Waals surface area contributed by atoms with Gasteiger partial charge in [0.05, 0.1) is 34.2 Å². The Labute approximate surface area is 242 Å². The molecular weight excluding hydrogens is 601 g/mol. The van der Waals surface area contributed by atoms with Gasteiger partial charge in [-0.1, -0.05) is 17.7 Å². The standard InChI is InChI=1S/C26H17ClF5N9O2/c27-15-2-1-3-16-18(15)25(43)41(13-5-10(19(29)30)4-11(28)6-13)23(37-16)17-7-12(36-24(42)20(31)32)9-40(17)22-14(8-33)21(34)38-26(35)39-22/h1-6,17,19-20H,7,9H2,(H4,34,35,38,39)/t17-/m0/s1. The van der Waals surface area contributed by atoms with Crippen molar-refractivity contribution in [2.24, 2.45) is 4.99 Å². The van der Waals surface area contributed by atoms with Crippen LogP contribution in [0.1, 0.15) is 35.8 Å². The Bertz CT molecular complexity index is 1930. The minimum absolute atomic E-state index is 0.0445. The van der Waals surface area contributed by atoms with Crippen molar-refractivity contribution in [1.82, 2.24) is 19.5 Å². The number of aliphatic imine (C=N–C) groups is 1. The number of benzene rings is 2. The molecule has 1 aliphatic heterocycles. The molecule has 0 aliphatic carbocycles. The number of hydrogen-bond donors (Lipinski definition) is 2. The van der Waals surface area contributed by atoms with Gasteiger partial charge in [0.1, 0.15) is 29.1 Å². The number of fused-ring (bicyclic) bond motifs is 1. The molecule has 11 nitrogen and oxygen atoms in total. The van der Waals surface area contributed by atoms with Crippen LogP contribution < -0.4 is 21.9 Å². The van der Waals surface area contributed by atoms with Crippen LogP contribution in [0.5, 0.6) is 0 Å². The van der Waals surface area contributed by atoms with E-state index >= 15 is 0 Å². The lowest BCUT2D eigenvalue weighted by Crippen LogP contribution is -2.33. The maximum atomic E-state index is 14.6. The topological polar surface area (TPSA) is 169 Å². The summed E-state index contributed by atoms with van der Waals surface area (Å²) in [6.45, 7) is -0.400. The zero-order valence-corrected chi connectivity index (χ0v) is 22.2. The summed E-state index contributed by atoms with van der Waals surface area (Å²) in [6, 6.07) is 7.18. The summed E-state index contributed by atoms with van der Waals surface area (Å²) in [5, 5.41) is 9.62. The first-order valence-electron chi connectivity index (χ1n) is 12.2. The maximum absolute atomic E-state index is 14.6. The van der Waals surface area contributed by atoms with E-state index in [9.17, 15) is 36.8 Å². The van der Waals surface area contributed by atoms with E-state index in [1.165, 1.54) is 23.1 Å². The first-order chi connectivity index (χ1) is 20.4. The number of aromatic nitrogens is 4. The van der Waals surface area contributed by atoms with Crippen LogP contribution in [-0.2, 0) is 4.79 Å². The number of nitrogen functional groups attached to an aromatic ring is 2. The predicted molar refractivity (Wildman–Crippen MR) is 146 cm³/mol. The molecule has 5 rings (SSSR count). The van der Waals surface area contributed by atoms with Gasteiger partial charge >= 0.3 is 12.3 Å². The number of nitriles is 1. The number of hydrogen-bond acceptors (Lipinski definition) is 9. The van der Waals surface area contributed by atoms with E-state index in [2.05, 4.69) is 19.9 Å². The third-order valence-corrected chi connectivity index (χ3v) is 6.83. The van der Waals surface area contributed by atoms with Gasteiger partial charge in [-0.05, 0) is 30.3 Å². The highest BCUT2D eigenvalue weighted by Gasteiger charge is 2.38. The molecule has 1 aliphatic rings. The lowest BCUT2D eigenvalue weighted by molar-refractivity contribution is -0.128. The number of anilines is 3. The molecule has 2 aromatic heterocycles. The molecule has 220 valence electrons. The van der Waals surface area contributed by atoms with Gasteiger partial charge in [0.15, 0.2) is 5.82 Å². The molecule has 1 saturated heterocycles. The molecule has 0 spiro atoms. The largest absolute Gasteiger partial charge is 0.382 e. The smallest absolute Gasteiger partial charge is 0.317 e. The fraction of sp³-hybridized carbons (Fsp3) is 0.192. The van der Waals surface area contributed by atoms with Crippen molar-refractivity contribution in [3.8, 4) is 11.8 Å². The molecule has 4 aromatic rings. The molecule has 17 heteroatoms. The Kier molecular flexibility index (Phi) is 7.67. The van der Waals surface area contributed by atoms with Gasteiger partial charge in [-0.15, -0.1) is 0 Å². The van der Waals surface area contributed by atoms with Crippen LogP contribution in [0, 0.1) is 17.1 Å². The van der Waals surface area contributed by atoms with Crippen molar-refractivity contribution in [3.63, 3.8) is 0 Å². The summed E-state index contributed by atoms with van der Waals surface area (Å²) >= 11 is 6.29. The second-order valence-electron chi connectivity index (χ2n) is 9.23. The summed E-state index contributed by atoms with van der Waals surface area (Å²) in [5.41, 5.74) is 9.28. The minimum Gasteiger partial charge on any atom is -0.382 e. The summed E-state index contributed by atoms with van der Waals surface area (Å²) in [6.07, 6.45) is -6.89. The maximum Gasteiger partial charge on any atom is 0.317 e. The number of carbonyl (C=O) groups excluding carboxylic acids is 1. The summed E-state index contributed by atoms with van der Waals surface area (Å²) < 4.78 is 69.0. The first-order valence-corrected chi connectivity index (χ1v) is 12.6. The third-order valence-electron chi connectivity index (χ3n) is 6.52. The van der Waals surface area contributed by atoms with E-state index < -0.39 is 48.3 Å². The molecule has 43 heavy (non-hydrogen) atoms. The highest BCUT2D eigenvalue weighted by Crippen LogP contribution is 2.38. The Morgan fingerprint density at radius 3 is 2.56 bits per heavy atom. The van der Waals surface area contributed by atoms with Crippen LogP contribution in [-0.4, -0.2) is 44.1 Å². The number of amides is 1. The molecule has 1 atom stereocenters. The fourth-order valence-corrected chi connectivity index (χ4v) is 5.02. The summed E-state index contributed by atoms with van der Waals surface area (Å²) in [4.78, 5) is 42.9. The van der Waals surface area contributed by atoms with Crippen LogP contribution in [0.15, 0.2) is 46.2 Å². The van der Waals surface area contributed by atoms with Crippen LogP contribution in [0.3, 0.4) is 0 Å². The van der Waals surface area contributed by atoms with Crippen molar-refractivity contribution in [3.05, 3.63) is 74.5 Å². The zero-order chi connectivity index (χ0) is 31.2. The van der Waals surface area contributed by atoms with Crippen molar-refractivity contribution < 1.29 is 26.7 Å². The Morgan fingerprint density at radius 1 is 1.14 bits per heavy atom. The number of nitrogens with zero attached hydrogens (tertiary/aromatic N) is 7. The zero-order valence-electron chi connectivity index (χ0n) is 21.5. The third kappa shape index (κ3) is 5.42. The van der Waals surface area contributed by atoms with Crippen molar-refractivity contribution in [2.45, 2.75) is 25.3 Å². The van der Waals surface area contributed by atoms with E-state index in [1.54, 1.807) is 0 Å². The van der Waals surface area contributed by atoms with Crippen LogP contribution >= 0.6 is 11.6 Å². The summed E-state index contributed by atoms with van der Waals surface area (Å²) in [7, 11) is 0. The van der Waals surface area contributed by atoms with Crippen LogP contribution in [0.2, 0.25) is 5.02 Å². The van der Waals surface area contributed by atoms with Gasteiger partial charge in [0.2, 0.25) is 5.95 Å². The van der Waals surface area contributed by atoms with Gasteiger partial charge < -0.3 is 16.4 Å². The lowest BCUT2D eigenvalue weighted by Gasteiger charge is -2.28. The number of carbonyl (C=O) groups is 1. The molecule has 4 N–H and O–H groups in total. The normalized spacial score (nSPS) is 16.0. The highest BCUT2D eigenvalue weighted by molar-refractivity contribution is 6.35. The average molecular weight is 618 g/mol. The molecule has 0 bridgehead atoms. The van der Waals surface area contributed by atoms with E-state index in [1.807, 2.05) is 6.07 Å². The van der Waals surface area contributed by atoms with Gasteiger partial charge in [0, 0.05) is 17.7 Å². The molecule has 1 amide bonds. The van der Waals surface area contributed by atoms with Gasteiger partial charge in [-0.2, -0.15) is 24.0 Å². The number of rotatable bonds is 5. The number of halogens is 6. The highest BCUT2D eigenvalue weighted by atomic mass is 35.5. The molecule has 0 saturated carbocycles. The number of nitrogens with two attached hydrogens (primary N) is 2. The molecule has 1 fully saturated rings. The second kappa shape index (κ2) is 11.2. The second-order valence-corrected chi connectivity index (χ2v) is 9.64. The Balaban J connectivity index is 1.85.